The Hall–Kier alpha value is -5.23. The molecule has 0 saturated carbocycles. The molecule has 0 aliphatic carbocycles. The van der Waals surface area contributed by atoms with Gasteiger partial charge in [-0.2, -0.15) is 0 Å². The lowest BCUT2D eigenvalue weighted by Gasteiger charge is -2.32. The van der Waals surface area contributed by atoms with Gasteiger partial charge in [0.2, 0.25) is 5.95 Å². The Balaban J connectivity index is 1.23. The van der Waals surface area contributed by atoms with Crippen molar-refractivity contribution < 1.29 is 28.9 Å². The van der Waals surface area contributed by atoms with Gasteiger partial charge in [0.25, 0.3) is 5.91 Å². The number of fused-ring (bicyclic) bond motifs is 1. The Kier molecular flexibility index (Phi) is 10.5. The van der Waals surface area contributed by atoms with E-state index in [-0.39, 0.29) is 35.8 Å². The molecule has 5 aromatic rings. The van der Waals surface area contributed by atoms with Gasteiger partial charge in [-0.1, -0.05) is 36.4 Å². The van der Waals surface area contributed by atoms with Gasteiger partial charge in [-0.3, -0.25) is 19.8 Å². The van der Waals surface area contributed by atoms with Crippen LogP contribution in [0.25, 0.3) is 11.0 Å². The summed E-state index contributed by atoms with van der Waals surface area (Å²) in [6.07, 6.45) is 0.679. The van der Waals surface area contributed by atoms with Crippen molar-refractivity contribution in [1.29, 1.82) is 0 Å². The van der Waals surface area contributed by atoms with Crippen LogP contribution in [0.3, 0.4) is 0 Å². The zero-order valence-electron chi connectivity index (χ0n) is 28.9. The highest BCUT2D eigenvalue weighted by molar-refractivity contribution is 6.06. The van der Waals surface area contributed by atoms with Crippen molar-refractivity contribution in [2.45, 2.75) is 39.1 Å². The van der Waals surface area contributed by atoms with Crippen molar-refractivity contribution >= 4 is 29.2 Å². The number of aliphatic hydroxyl groups is 1. The van der Waals surface area contributed by atoms with Crippen LogP contribution in [0.1, 0.15) is 45.7 Å². The molecule has 11 heteroatoms. The Labute approximate surface area is 292 Å². The monoisotopic (exact) mass is 677 g/mol. The van der Waals surface area contributed by atoms with E-state index in [2.05, 4.69) is 34.3 Å². The van der Waals surface area contributed by atoms with E-state index in [9.17, 15) is 14.7 Å². The maximum atomic E-state index is 13.9. The average molecular weight is 678 g/mol. The van der Waals surface area contributed by atoms with Crippen LogP contribution in [0.2, 0.25) is 0 Å². The zero-order valence-corrected chi connectivity index (χ0v) is 28.9. The van der Waals surface area contributed by atoms with E-state index in [1.165, 1.54) is 0 Å². The Morgan fingerprint density at radius 1 is 0.920 bits per heavy atom. The van der Waals surface area contributed by atoms with Crippen LogP contribution in [0.4, 0.5) is 5.95 Å². The van der Waals surface area contributed by atoms with E-state index in [0.29, 0.717) is 23.5 Å². The Bertz CT molecular complexity index is 1960. The second kappa shape index (κ2) is 15.1. The molecule has 2 heterocycles. The molecule has 1 aromatic heterocycles. The molecule has 1 saturated heterocycles. The molecule has 0 spiro atoms. The van der Waals surface area contributed by atoms with Crippen LogP contribution in [-0.4, -0.2) is 82.6 Å². The maximum absolute atomic E-state index is 13.9. The zero-order chi connectivity index (χ0) is 35.3. The number of amides is 1. The number of hydrogen-bond donors (Lipinski definition) is 2. The number of nitrogens with zero attached hydrogens (tertiary/aromatic N) is 4. The first-order valence-corrected chi connectivity index (χ1v) is 16.6. The molecule has 1 aliphatic rings. The highest BCUT2D eigenvalue weighted by atomic mass is 16.5. The number of anilines is 1. The van der Waals surface area contributed by atoms with Crippen LogP contribution in [0, 0.1) is 0 Å². The molecular weight excluding hydrogens is 634 g/mol. The maximum Gasteiger partial charge on any atom is 0.261 e. The van der Waals surface area contributed by atoms with E-state index >= 15 is 0 Å². The fourth-order valence-corrected chi connectivity index (χ4v) is 5.94. The topological polar surface area (TPSA) is 118 Å². The first-order chi connectivity index (χ1) is 24.1. The van der Waals surface area contributed by atoms with E-state index in [4.69, 9.17) is 19.2 Å². The molecule has 1 fully saturated rings. The number of benzene rings is 4. The Morgan fingerprint density at radius 2 is 1.62 bits per heavy atom. The molecule has 2 N–H and O–H groups in total. The number of para-hydroxylation sites is 1. The molecular formula is C39H43N5O6. The highest BCUT2D eigenvalue weighted by Gasteiger charge is 2.23. The predicted octanol–water partition coefficient (Wildman–Crippen LogP) is 6.00. The minimum absolute atomic E-state index is 0.210. The SMILES string of the molecule is COc1ccc(COc2cccc(Oc3ccccc3C(=O)Nc3nc4ccc(CN5CCN(C)CC5)cc4n3CC(C)(C)O)c2C=O)cc1. The van der Waals surface area contributed by atoms with Crippen LogP contribution < -0.4 is 19.5 Å². The van der Waals surface area contributed by atoms with Gasteiger partial charge in [0.15, 0.2) is 6.29 Å². The second-order valence-corrected chi connectivity index (χ2v) is 13.2. The summed E-state index contributed by atoms with van der Waals surface area (Å²) in [6.45, 7) is 8.74. The number of carbonyl (C=O) groups is 2. The number of aromatic nitrogens is 2. The fourth-order valence-electron chi connectivity index (χ4n) is 5.94. The number of carbonyl (C=O) groups excluding carboxylic acids is 2. The van der Waals surface area contributed by atoms with Gasteiger partial charge in [-0.25, -0.2) is 4.98 Å². The first-order valence-electron chi connectivity index (χ1n) is 16.6. The molecule has 6 rings (SSSR count). The van der Waals surface area contributed by atoms with Crippen LogP contribution in [0.15, 0.2) is 84.9 Å². The third-order valence-electron chi connectivity index (χ3n) is 8.63. The van der Waals surface area contributed by atoms with E-state index in [0.717, 1.165) is 55.1 Å². The van der Waals surface area contributed by atoms with E-state index in [1.807, 2.05) is 34.9 Å². The summed E-state index contributed by atoms with van der Waals surface area (Å²) in [5.41, 5.74) is 2.95. The van der Waals surface area contributed by atoms with Gasteiger partial charge in [0, 0.05) is 32.7 Å². The predicted molar refractivity (Wildman–Crippen MR) is 192 cm³/mol. The summed E-state index contributed by atoms with van der Waals surface area (Å²) in [7, 11) is 3.75. The lowest BCUT2D eigenvalue weighted by Crippen LogP contribution is -2.43. The molecule has 4 aromatic carbocycles. The number of hydrogen-bond acceptors (Lipinski definition) is 9. The molecule has 11 nitrogen and oxygen atoms in total. The molecule has 0 bridgehead atoms. The van der Waals surface area contributed by atoms with E-state index < -0.39 is 11.5 Å². The van der Waals surface area contributed by atoms with Gasteiger partial charge in [0.05, 0.1) is 41.4 Å². The van der Waals surface area contributed by atoms with Crippen LogP contribution >= 0.6 is 0 Å². The number of likely N-dealkylation sites (N-methyl/N-ethyl adjacent to an activating group) is 1. The normalized spacial score (nSPS) is 14.0. The van der Waals surface area contributed by atoms with Crippen molar-refractivity contribution in [3.63, 3.8) is 0 Å². The summed E-state index contributed by atoms with van der Waals surface area (Å²) < 4.78 is 19.3. The smallest absolute Gasteiger partial charge is 0.261 e. The van der Waals surface area contributed by atoms with Crippen molar-refractivity contribution in [3.8, 4) is 23.0 Å². The molecule has 0 radical (unpaired) electrons. The van der Waals surface area contributed by atoms with Gasteiger partial charge >= 0.3 is 0 Å². The number of rotatable bonds is 13. The van der Waals surface area contributed by atoms with Crippen molar-refractivity contribution in [1.82, 2.24) is 19.4 Å². The number of ether oxygens (including phenoxy) is 3. The molecule has 0 atom stereocenters. The number of nitrogens with one attached hydrogen (secondary N) is 1. The van der Waals surface area contributed by atoms with Crippen LogP contribution in [0.5, 0.6) is 23.0 Å². The molecule has 1 aliphatic heterocycles. The average Bonchev–Trinajstić information content (AvgIpc) is 3.43. The van der Waals surface area contributed by atoms with Crippen molar-refractivity contribution in [2.75, 3.05) is 45.7 Å². The fraction of sp³-hybridized carbons (Fsp3) is 0.308. The second-order valence-electron chi connectivity index (χ2n) is 13.2. The summed E-state index contributed by atoms with van der Waals surface area (Å²) in [6, 6.07) is 25.4. The molecule has 50 heavy (non-hydrogen) atoms. The Morgan fingerprint density at radius 3 is 2.34 bits per heavy atom. The minimum atomic E-state index is -1.08. The van der Waals surface area contributed by atoms with E-state index in [1.54, 1.807) is 63.4 Å². The van der Waals surface area contributed by atoms with Gasteiger partial charge in [-0.05, 0) is 80.6 Å². The quantitative estimate of drug-likeness (QED) is 0.145. The van der Waals surface area contributed by atoms with Crippen LogP contribution in [-0.2, 0) is 19.7 Å². The summed E-state index contributed by atoms with van der Waals surface area (Å²) in [5, 5.41) is 13.8. The van der Waals surface area contributed by atoms with Gasteiger partial charge < -0.3 is 28.8 Å². The van der Waals surface area contributed by atoms with Gasteiger partial charge in [-0.15, -0.1) is 0 Å². The number of methoxy groups -OCH3 is 1. The summed E-state index contributed by atoms with van der Waals surface area (Å²) in [4.78, 5) is 35.7. The van der Waals surface area contributed by atoms with Crippen molar-refractivity contribution in [3.05, 3.63) is 107 Å². The lowest BCUT2D eigenvalue weighted by atomic mass is 10.1. The third kappa shape index (κ3) is 8.31. The lowest BCUT2D eigenvalue weighted by molar-refractivity contribution is 0.0630. The third-order valence-corrected chi connectivity index (χ3v) is 8.63. The molecule has 0 unspecified atom stereocenters. The first kappa shape index (κ1) is 34.6. The summed E-state index contributed by atoms with van der Waals surface area (Å²) in [5.74, 6) is 1.43. The molecule has 260 valence electrons. The summed E-state index contributed by atoms with van der Waals surface area (Å²) >= 11 is 0. The number of aldehydes is 1. The minimum Gasteiger partial charge on any atom is -0.497 e. The van der Waals surface area contributed by atoms with Crippen molar-refractivity contribution in [2.24, 2.45) is 0 Å². The highest BCUT2D eigenvalue weighted by Crippen LogP contribution is 2.34. The standard InChI is InChI=1S/C39H43N5O6/c1-39(2,47)26-44-33-22-28(23-43-20-18-42(3)19-21-43)14-17-32(33)40-38(44)41-37(46)30-8-5-6-9-35(30)50-36-11-7-10-34(31(36)24-45)49-25-27-12-15-29(48-4)16-13-27/h5-17,22,24,47H,18-21,23,25-26H2,1-4H3,(H,40,41,46). The molecule has 1 amide bonds. The largest absolute Gasteiger partial charge is 0.497 e. The number of piperazine rings is 1. The van der Waals surface area contributed by atoms with Gasteiger partial charge in [0.1, 0.15) is 29.6 Å². The number of imidazole rings is 1.